The lowest BCUT2D eigenvalue weighted by Gasteiger charge is -2.11. The monoisotopic (exact) mass is 349 g/mol. The van der Waals surface area contributed by atoms with E-state index in [1.807, 2.05) is 0 Å². The van der Waals surface area contributed by atoms with Crippen molar-refractivity contribution in [2.45, 2.75) is 6.61 Å². The van der Waals surface area contributed by atoms with Gasteiger partial charge < -0.3 is 20.7 Å². The lowest BCUT2D eigenvalue weighted by molar-refractivity contribution is -0.114. The molecule has 0 aromatic heterocycles. The molecule has 0 aliphatic carbocycles. The van der Waals surface area contributed by atoms with E-state index in [2.05, 4.69) is 20.7 Å². The van der Waals surface area contributed by atoms with E-state index in [0.717, 1.165) is 0 Å². The Balaban J connectivity index is 1.92. The standard InChI is InChI=1S/C17H17F2N3O3/c1-20-16(24)13-4-2-3-5-14(13)21-10-15(23)22-11-6-8-12(9-7-11)25-17(18)19/h2-9,17,21H,10H2,1H3,(H,20,24)(H,22,23). The van der Waals surface area contributed by atoms with Crippen LogP contribution in [0, 0.1) is 0 Å². The molecule has 0 unspecified atom stereocenters. The molecule has 0 fully saturated rings. The normalized spacial score (nSPS) is 10.2. The fourth-order valence-corrected chi connectivity index (χ4v) is 2.07. The van der Waals surface area contributed by atoms with Gasteiger partial charge in [0.05, 0.1) is 12.1 Å². The smallest absolute Gasteiger partial charge is 0.387 e. The molecule has 6 nitrogen and oxygen atoms in total. The first kappa shape index (κ1) is 18.2. The van der Waals surface area contributed by atoms with Crippen molar-refractivity contribution in [3.63, 3.8) is 0 Å². The summed E-state index contributed by atoms with van der Waals surface area (Å²) in [6.45, 7) is -2.96. The third-order valence-corrected chi connectivity index (χ3v) is 3.20. The van der Waals surface area contributed by atoms with Crippen molar-refractivity contribution in [1.82, 2.24) is 5.32 Å². The highest BCUT2D eigenvalue weighted by Crippen LogP contribution is 2.18. The Labute approximate surface area is 143 Å². The number of carbonyl (C=O) groups is 2. The van der Waals surface area contributed by atoms with E-state index in [0.29, 0.717) is 16.9 Å². The molecule has 0 saturated heterocycles. The van der Waals surface area contributed by atoms with Crippen LogP contribution in [0.15, 0.2) is 48.5 Å². The van der Waals surface area contributed by atoms with Gasteiger partial charge in [0, 0.05) is 18.4 Å². The summed E-state index contributed by atoms with van der Waals surface area (Å²) in [6, 6.07) is 12.4. The van der Waals surface area contributed by atoms with Crippen molar-refractivity contribution in [3.8, 4) is 5.75 Å². The SMILES string of the molecule is CNC(=O)c1ccccc1NCC(=O)Nc1ccc(OC(F)F)cc1. The zero-order chi connectivity index (χ0) is 18.2. The Bertz CT molecular complexity index is 736. The molecule has 8 heteroatoms. The number of anilines is 2. The maximum Gasteiger partial charge on any atom is 0.387 e. The molecule has 0 heterocycles. The van der Waals surface area contributed by atoms with Crippen LogP contribution in [0.5, 0.6) is 5.75 Å². The van der Waals surface area contributed by atoms with Crippen LogP contribution in [-0.4, -0.2) is 32.0 Å². The van der Waals surface area contributed by atoms with Crippen molar-refractivity contribution >= 4 is 23.2 Å². The lowest BCUT2D eigenvalue weighted by atomic mass is 10.1. The van der Waals surface area contributed by atoms with E-state index in [-0.39, 0.29) is 24.1 Å². The van der Waals surface area contributed by atoms with Gasteiger partial charge in [0.25, 0.3) is 5.91 Å². The summed E-state index contributed by atoms with van der Waals surface area (Å²) in [5.74, 6) is -0.613. The molecule has 2 amide bonds. The van der Waals surface area contributed by atoms with Gasteiger partial charge in [-0.15, -0.1) is 0 Å². The number of amides is 2. The Morgan fingerprint density at radius 3 is 2.40 bits per heavy atom. The van der Waals surface area contributed by atoms with Crippen molar-refractivity contribution in [1.29, 1.82) is 0 Å². The second kappa shape index (κ2) is 8.62. The number of alkyl halides is 2. The highest BCUT2D eigenvalue weighted by molar-refractivity contribution is 6.00. The van der Waals surface area contributed by atoms with E-state index in [1.54, 1.807) is 24.3 Å². The largest absolute Gasteiger partial charge is 0.435 e. The van der Waals surface area contributed by atoms with Gasteiger partial charge in [-0.3, -0.25) is 9.59 Å². The number of hydrogen-bond acceptors (Lipinski definition) is 4. The summed E-state index contributed by atoms with van der Waals surface area (Å²) in [5, 5.41) is 8.02. The summed E-state index contributed by atoms with van der Waals surface area (Å²) in [4.78, 5) is 23.7. The molecule has 3 N–H and O–H groups in total. The molecule has 2 aromatic carbocycles. The number of nitrogens with one attached hydrogen (secondary N) is 3. The average Bonchev–Trinajstić information content (AvgIpc) is 2.61. The summed E-state index contributed by atoms with van der Waals surface area (Å²) in [5.41, 5.74) is 1.39. The zero-order valence-electron chi connectivity index (χ0n) is 13.4. The molecule has 0 spiro atoms. The number of benzene rings is 2. The maximum atomic E-state index is 12.1. The van der Waals surface area contributed by atoms with E-state index < -0.39 is 6.61 Å². The van der Waals surface area contributed by atoms with Crippen molar-refractivity contribution in [3.05, 3.63) is 54.1 Å². The fraction of sp³-hybridized carbons (Fsp3) is 0.176. The minimum absolute atomic E-state index is 0.00521. The Hall–Kier alpha value is -3.16. The van der Waals surface area contributed by atoms with Gasteiger partial charge in [0.2, 0.25) is 5.91 Å². The number of carbonyl (C=O) groups excluding carboxylic acids is 2. The van der Waals surface area contributed by atoms with Crippen LogP contribution in [0.1, 0.15) is 10.4 Å². The third kappa shape index (κ3) is 5.45. The predicted molar refractivity (Wildman–Crippen MR) is 90.0 cm³/mol. The Morgan fingerprint density at radius 2 is 1.76 bits per heavy atom. The van der Waals surface area contributed by atoms with Crippen LogP contribution in [0.2, 0.25) is 0 Å². The van der Waals surface area contributed by atoms with Gasteiger partial charge in [0.1, 0.15) is 5.75 Å². The van der Waals surface area contributed by atoms with E-state index in [4.69, 9.17) is 0 Å². The number of para-hydroxylation sites is 1. The summed E-state index contributed by atoms with van der Waals surface area (Å²) >= 11 is 0. The highest BCUT2D eigenvalue weighted by atomic mass is 19.3. The molecule has 0 bridgehead atoms. The van der Waals surface area contributed by atoms with Crippen LogP contribution in [-0.2, 0) is 4.79 Å². The van der Waals surface area contributed by atoms with Crippen molar-refractivity contribution < 1.29 is 23.1 Å². The van der Waals surface area contributed by atoms with E-state index >= 15 is 0 Å². The lowest BCUT2D eigenvalue weighted by Crippen LogP contribution is -2.24. The molecule has 0 radical (unpaired) electrons. The average molecular weight is 349 g/mol. The first-order valence-electron chi connectivity index (χ1n) is 7.39. The molecule has 25 heavy (non-hydrogen) atoms. The molecular formula is C17H17F2N3O3. The topological polar surface area (TPSA) is 79.5 Å². The Morgan fingerprint density at radius 1 is 1.08 bits per heavy atom. The highest BCUT2D eigenvalue weighted by Gasteiger charge is 2.10. The molecule has 0 aliphatic heterocycles. The molecule has 0 aliphatic rings. The van der Waals surface area contributed by atoms with Crippen LogP contribution in [0.3, 0.4) is 0 Å². The van der Waals surface area contributed by atoms with Gasteiger partial charge in [-0.05, 0) is 36.4 Å². The van der Waals surface area contributed by atoms with Gasteiger partial charge >= 0.3 is 6.61 Å². The molecular weight excluding hydrogens is 332 g/mol. The molecule has 0 atom stereocenters. The van der Waals surface area contributed by atoms with Gasteiger partial charge in [0.15, 0.2) is 0 Å². The number of halogens is 2. The quantitative estimate of drug-likeness (QED) is 0.718. The van der Waals surface area contributed by atoms with E-state index in [1.165, 1.54) is 31.3 Å². The molecule has 132 valence electrons. The van der Waals surface area contributed by atoms with Crippen molar-refractivity contribution in [2.75, 3.05) is 24.2 Å². The first-order valence-corrected chi connectivity index (χ1v) is 7.39. The van der Waals surface area contributed by atoms with Crippen LogP contribution < -0.4 is 20.7 Å². The van der Waals surface area contributed by atoms with Crippen molar-refractivity contribution in [2.24, 2.45) is 0 Å². The second-order valence-corrected chi connectivity index (χ2v) is 4.93. The van der Waals surface area contributed by atoms with Gasteiger partial charge in [-0.1, -0.05) is 12.1 Å². The predicted octanol–water partition coefficient (Wildman–Crippen LogP) is 2.70. The first-order chi connectivity index (χ1) is 12.0. The second-order valence-electron chi connectivity index (χ2n) is 4.93. The van der Waals surface area contributed by atoms with Gasteiger partial charge in [-0.25, -0.2) is 0 Å². The molecule has 2 rings (SSSR count). The summed E-state index contributed by atoms with van der Waals surface area (Å²) in [7, 11) is 1.52. The van der Waals surface area contributed by atoms with Gasteiger partial charge in [-0.2, -0.15) is 8.78 Å². The number of rotatable bonds is 7. The molecule has 2 aromatic rings. The zero-order valence-corrected chi connectivity index (χ0v) is 13.4. The summed E-state index contributed by atoms with van der Waals surface area (Å²) in [6.07, 6.45) is 0. The molecule has 0 saturated carbocycles. The van der Waals surface area contributed by atoms with Crippen LogP contribution >= 0.6 is 0 Å². The van der Waals surface area contributed by atoms with Crippen LogP contribution in [0.4, 0.5) is 20.2 Å². The van der Waals surface area contributed by atoms with E-state index in [9.17, 15) is 18.4 Å². The maximum absolute atomic E-state index is 12.1. The Kier molecular flexibility index (Phi) is 6.27. The fourth-order valence-electron chi connectivity index (χ4n) is 2.07. The minimum atomic E-state index is -2.90. The number of hydrogen-bond donors (Lipinski definition) is 3. The van der Waals surface area contributed by atoms with Crippen LogP contribution in [0.25, 0.3) is 0 Å². The summed E-state index contributed by atoms with van der Waals surface area (Å²) < 4.78 is 28.4. The minimum Gasteiger partial charge on any atom is -0.435 e. The number of ether oxygens (including phenoxy) is 1. The third-order valence-electron chi connectivity index (χ3n) is 3.20.